The van der Waals surface area contributed by atoms with Gasteiger partial charge in [0.2, 0.25) is 5.91 Å². The number of nitrogens with zero attached hydrogens (tertiary/aromatic N) is 3. The van der Waals surface area contributed by atoms with Crippen LogP contribution in [0.15, 0.2) is 30.3 Å². The lowest BCUT2D eigenvalue weighted by atomic mass is 9.95. The van der Waals surface area contributed by atoms with Gasteiger partial charge in [0.15, 0.2) is 5.82 Å². The van der Waals surface area contributed by atoms with Crippen LogP contribution < -0.4 is 10.2 Å². The number of carbonyl (C=O) groups excluding carboxylic acids is 1. The van der Waals surface area contributed by atoms with Crippen molar-refractivity contribution in [3.05, 3.63) is 46.6 Å². The van der Waals surface area contributed by atoms with E-state index in [4.69, 9.17) is 11.6 Å². The van der Waals surface area contributed by atoms with Crippen LogP contribution in [0.5, 0.6) is 0 Å². The molecule has 0 radical (unpaired) electrons. The molecule has 0 atom stereocenters. The summed E-state index contributed by atoms with van der Waals surface area (Å²) >= 11 is 6.01. The van der Waals surface area contributed by atoms with Crippen molar-refractivity contribution in [3.63, 3.8) is 0 Å². The van der Waals surface area contributed by atoms with Gasteiger partial charge < -0.3 is 10.2 Å². The van der Waals surface area contributed by atoms with Gasteiger partial charge in [-0.1, -0.05) is 17.7 Å². The van der Waals surface area contributed by atoms with Gasteiger partial charge in [-0.15, -0.1) is 5.10 Å². The van der Waals surface area contributed by atoms with E-state index in [9.17, 15) is 4.79 Å². The maximum atomic E-state index is 12.5. The molecule has 1 aromatic carbocycles. The summed E-state index contributed by atoms with van der Waals surface area (Å²) < 4.78 is 0. The second-order valence-corrected chi connectivity index (χ2v) is 6.68. The van der Waals surface area contributed by atoms with Crippen LogP contribution in [0, 0.1) is 19.8 Å². The molecule has 2 heterocycles. The van der Waals surface area contributed by atoms with Crippen LogP contribution in [-0.4, -0.2) is 29.2 Å². The van der Waals surface area contributed by atoms with E-state index in [0.29, 0.717) is 5.02 Å². The third-order valence-corrected chi connectivity index (χ3v) is 4.67. The summed E-state index contributed by atoms with van der Waals surface area (Å²) in [5.41, 5.74) is 2.71. The van der Waals surface area contributed by atoms with Gasteiger partial charge in [-0.25, -0.2) is 0 Å². The summed E-state index contributed by atoms with van der Waals surface area (Å²) in [7, 11) is 0. The molecule has 24 heavy (non-hydrogen) atoms. The predicted octanol–water partition coefficient (Wildman–Crippen LogP) is 3.60. The molecule has 126 valence electrons. The smallest absolute Gasteiger partial charge is 0.227 e. The van der Waals surface area contributed by atoms with Crippen LogP contribution in [-0.2, 0) is 4.79 Å². The zero-order valence-electron chi connectivity index (χ0n) is 13.9. The molecule has 1 aliphatic heterocycles. The molecule has 1 N–H and O–H groups in total. The Morgan fingerprint density at radius 2 is 1.92 bits per heavy atom. The lowest BCUT2D eigenvalue weighted by molar-refractivity contribution is -0.120. The van der Waals surface area contributed by atoms with Crippen LogP contribution in [0.2, 0.25) is 5.02 Å². The zero-order chi connectivity index (χ0) is 17.1. The van der Waals surface area contributed by atoms with Crippen molar-refractivity contribution in [2.45, 2.75) is 26.7 Å². The Kier molecular flexibility index (Phi) is 5.00. The fourth-order valence-electron chi connectivity index (χ4n) is 2.90. The molecule has 3 rings (SSSR count). The van der Waals surface area contributed by atoms with Crippen molar-refractivity contribution in [1.29, 1.82) is 0 Å². The average molecular weight is 345 g/mol. The number of amides is 1. The van der Waals surface area contributed by atoms with Crippen LogP contribution in [0.4, 0.5) is 11.5 Å². The first-order valence-electron chi connectivity index (χ1n) is 8.15. The molecule has 0 spiro atoms. The first-order valence-corrected chi connectivity index (χ1v) is 8.53. The Labute approximate surface area is 147 Å². The van der Waals surface area contributed by atoms with Crippen LogP contribution >= 0.6 is 11.6 Å². The van der Waals surface area contributed by atoms with Gasteiger partial charge in [-0.05, 0) is 56.5 Å². The van der Waals surface area contributed by atoms with E-state index in [0.717, 1.165) is 48.7 Å². The maximum absolute atomic E-state index is 12.5. The summed E-state index contributed by atoms with van der Waals surface area (Å²) in [6, 6.07) is 9.48. The number of halogens is 1. The molecule has 1 saturated heterocycles. The highest BCUT2D eigenvalue weighted by Crippen LogP contribution is 2.25. The van der Waals surface area contributed by atoms with Crippen molar-refractivity contribution in [2.75, 3.05) is 23.3 Å². The zero-order valence-corrected chi connectivity index (χ0v) is 14.7. The Morgan fingerprint density at radius 3 is 2.58 bits per heavy atom. The number of hydrogen-bond acceptors (Lipinski definition) is 4. The summed E-state index contributed by atoms with van der Waals surface area (Å²) in [4.78, 5) is 14.7. The minimum absolute atomic E-state index is 0.0121. The Balaban J connectivity index is 1.59. The third kappa shape index (κ3) is 3.85. The van der Waals surface area contributed by atoms with E-state index in [1.54, 1.807) is 6.07 Å². The monoisotopic (exact) mass is 344 g/mol. The van der Waals surface area contributed by atoms with Crippen molar-refractivity contribution < 1.29 is 4.79 Å². The number of anilines is 2. The number of benzene rings is 1. The first kappa shape index (κ1) is 16.7. The second-order valence-electron chi connectivity index (χ2n) is 6.24. The fraction of sp³-hybridized carbons (Fsp3) is 0.389. The van der Waals surface area contributed by atoms with E-state index < -0.39 is 0 Å². The molecule has 1 fully saturated rings. The molecule has 0 saturated carbocycles. The van der Waals surface area contributed by atoms with Crippen LogP contribution in [0.3, 0.4) is 0 Å². The molecule has 5 nitrogen and oxygen atoms in total. The first-order chi connectivity index (χ1) is 11.5. The van der Waals surface area contributed by atoms with E-state index >= 15 is 0 Å². The highest BCUT2D eigenvalue weighted by molar-refractivity contribution is 6.31. The molecule has 0 unspecified atom stereocenters. The molecular formula is C18H21ClN4O. The number of aromatic nitrogens is 2. The van der Waals surface area contributed by atoms with Gasteiger partial charge in [0.1, 0.15) is 0 Å². The molecule has 1 amide bonds. The molecule has 1 aromatic heterocycles. The number of aryl methyl sites for hydroxylation is 2. The highest BCUT2D eigenvalue weighted by Gasteiger charge is 2.26. The fourth-order valence-corrected chi connectivity index (χ4v) is 3.07. The summed E-state index contributed by atoms with van der Waals surface area (Å²) in [6.45, 7) is 5.50. The molecule has 0 aliphatic carbocycles. The Morgan fingerprint density at radius 1 is 1.17 bits per heavy atom. The van der Waals surface area contributed by atoms with Gasteiger partial charge in [-0.2, -0.15) is 5.10 Å². The van der Waals surface area contributed by atoms with Gasteiger partial charge in [0, 0.05) is 29.7 Å². The number of hydrogen-bond donors (Lipinski definition) is 1. The third-order valence-electron chi connectivity index (χ3n) is 4.43. The Hall–Kier alpha value is -2.14. The summed E-state index contributed by atoms with van der Waals surface area (Å²) in [5, 5.41) is 12.0. The van der Waals surface area contributed by atoms with E-state index in [1.165, 1.54) is 0 Å². The quantitative estimate of drug-likeness (QED) is 0.924. The van der Waals surface area contributed by atoms with Crippen LogP contribution in [0.25, 0.3) is 0 Å². The summed E-state index contributed by atoms with van der Waals surface area (Å²) in [5.74, 6) is 0.957. The maximum Gasteiger partial charge on any atom is 0.227 e. The topological polar surface area (TPSA) is 58.1 Å². The standard InChI is InChI=1S/C18H21ClN4O/c1-12-3-5-15(19)11-16(12)20-18(24)14-7-9-23(10-8-14)17-6-4-13(2)21-22-17/h3-6,11,14H,7-10H2,1-2H3,(H,20,24). The van der Waals surface area contributed by atoms with Crippen molar-refractivity contribution in [1.82, 2.24) is 10.2 Å². The lowest BCUT2D eigenvalue weighted by Gasteiger charge is -2.31. The van der Waals surface area contributed by atoms with Crippen LogP contribution in [0.1, 0.15) is 24.1 Å². The number of piperidine rings is 1. The number of nitrogens with one attached hydrogen (secondary N) is 1. The largest absolute Gasteiger partial charge is 0.355 e. The molecular weight excluding hydrogens is 324 g/mol. The number of rotatable bonds is 3. The van der Waals surface area contributed by atoms with E-state index in [1.807, 2.05) is 38.1 Å². The van der Waals surface area contributed by atoms with E-state index in [2.05, 4.69) is 20.4 Å². The lowest BCUT2D eigenvalue weighted by Crippen LogP contribution is -2.38. The Bertz CT molecular complexity index is 724. The van der Waals surface area contributed by atoms with Gasteiger partial charge in [0.25, 0.3) is 0 Å². The van der Waals surface area contributed by atoms with Gasteiger partial charge >= 0.3 is 0 Å². The van der Waals surface area contributed by atoms with Gasteiger partial charge in [-0.3, -0.25) is 4.79 Å². The molecule has 2 aromatic rings. The second kappa shape index (κ2) is 7.18. The average Bonchev–Trinajstić information content (AvgIpc) is 2.59. The van der Waals surface area contributed by atoms with E-state index in [-0.39, 0.29) is 11.8 Å². The summed E-state index contributed by atoms with van der Waals surface area (Å²) in [6.07, 6.45) is 1.61. The SMILES string of the molecule is Cc1ccc(N2CCC(C(=O)Nc3cc(Cl)ccc3C)CC2)nn1. The molecule has 1 aliphatic rings. The number of carbonyl (C=O) groups is 1. The van der Waals surface area contributed by atoms with Crippen molar-refractivity contribution >= 4 is 29.0 Å². The normalized spacial score (nSPS) is 15.4. The van der Waals surface area contributed by atoms with Gasteiger partial charge in [0.05, 0.1) is 5.69 Å². The molecule has 0 bridgehead atoms. The van der Waals surface area contributed by atoms with Crippen molar-refractivity contribution in [3.8, 4) is 0 Å². The van der Waals surface area contributed by atoms with Crippen molar-refractivity contribution in [2.24, 2.45) is 5.92 Å². The highest BCUT2D eigenvalue weighted by atomic mass is 35.5. The predicted molar refractivity (Wildman–Crippen MR) is 96.5 cm³/mol. The molecule has 6 heteroatoms. The minimum atomic E-state index is 0.0121. The minimum Gasteiger partial charge on any atom is -0.355 e.